The maximum atomic E-state index is 6.10. The summed E-state index contributed by atoms with van der Waals surface area (Å²) < 4.78 is 5.22. The Bertz CT molecular complexity index is 723. The molecule has 0 saturated heterocycles. The average Bonchev–Trinajstić information content (AvgIpc) is 2.62. The molecule has 0 radical (unpaired) electrons. The highest BCUT2D eigenvalue weighted by Gasteiger charge is 2.19. The first kappa shape index (κ1) is 20.1. The van der Waals surface area contributed by atoms with E-state index in [9.17, 15) is 0 Å². The summed E-state index contributed by atoms with van der Waals surface area (Å²) in [6, 6.07) is 16.6. The lowest BCUT2D eigenvalue weighted by Crippen LogP contribution is -2.24. The van der Waals surface area contributed by atoms with Gasteiger partial charge in [0.1, 0.15) is 0 Å². The quantitative estimate of drug-likeness (QED) is 0.392. The molecule has 1 heterocycles. The van der Waals surface area contributed by atoms with Gasteiger partial charge in [0.15, 0.2) is 5.96 Å². The van der Waals surface area contributed by atoms with Crippen LogP contribution >= 0.6 is 35.7 Å². The number of benzene rings is 2. The Kier molecular flexibility index (Phi) is 8.05. The summed E-state index contributed by atoms with van der Waals surface area (Å²) in [5.74, 6) is 1.59. The molecule has 0 fully saturated rings. The number of fused-ring (bicyclic) bond motifs is 1. The molecule has 0 saturated carbocycles. The number of guanidine groups is 1. The van der Waals surface area contributed by atoms with E-state index in [1.165, 1.54) is 11.1 Å². The van der Waals surface area contributed by atoms with E-state index in [1.807, 2.05) is 36.0 Å². The number of ether oxygens (including phenoxy) is 1. The van der Waals surface area contributed by atoms with Gasteiger partial charge in [-0.3, -0.25) is 4.99 Å². The summed E-state index contributed by atoms with van der Waals surface area (Å²) in [5, 5.41) is 3.58. The van der Waals surface area contributed by atoms with Crippen molar-refractivity contribution < 1.29 is 4.74 Å². The first-order chi connectivity index (χ1) is 11.8. The fourth-order valence-electron chi connectivity index (χ4n) is 2.91. The molecule has 3 rings (SSSR count). The molecule has 0 aliphatic carbocycles. The first-order valence-corrected chi connectivity index (χ1v) is 9.16. The van der Waals surface area contributed by atoms with Gasteiger partial charge in [-0.15, -0.1) is 24.0 Å². The van der Waals surface area contributed by atoms with Gasteiger partial charge in [-0.1, -0.05) is 42.5 Å². The van der Waals surface area contributed by atoms with E-state index in [0.717, 1.165) is 23.4 Å². The summed E-state index contributed by atoms with van der Waals surface area (Å²) in [4.78, 5) is 4.56. The third kappa shape index (κ3) is 5.36. The largest absolute Gasteiger partial charge is 0.380 e. The summed E-state index contributed by atoms with van der Waals surface area (Å²) in [6.45, 7) is 1.23. The molecule has 4 nitrogen and oxygen atoms in total. The Labute approximate surface area is 170 Å². The topological polar surface area (TPSA) is 59.6 Å². The predicted molar refractivity (Wildman–Crippen MR) is 118 cm³/mol. The second-order valence-electron chi connectivity index (χ2n) is 5.75. The molecular formula is C19H24IN3OS. The lowest BCUT2D eigenvalue weighted by atomic mass is 10.0. The molecule has 2 aromatic carbocycles. The molecule has 0 spiro atoms. The summed E-state index contributed by atoms with van der Waals surface area (Å²) >= 11 is 1.96. The highest BCUT2D eigenvalue weighted by molar-refractivity contribution is 14.0. The number of hydrogen-bond donors (Lipinski definition) is 2. The number of halogens is 1. The Balaban J connectivity index is 0.00000225. The number of anilines is 1. The minimum absolute atomic E-state index is 0. The van der Waals surface area contributed by atoms with Crippen LogP contribution in [0, 0.1) is 0 Å². The second-order valence-corrected chi connectivity index (χ2v) is 7.06. The van der Waals surface area contributed by atoms with E-state index in [1.54, 1.807) is 7.11 Å². The number of aliphatic imine (C=N–C) groups is 1. The fourth-order valence-corrected chi connectivity index (χ4v) is 4.12. The Morgan fingerprint density at radius 1 is 1.24 bits per heavy atom. The number of rotatable bonds is 5. The van der Waals surface area contributed by atoms with Gasteiger partial charge in [-0.25, -0.2) is 0 Å². The number of para-hydroxylation sites is 1. The van der Waals surface area contributed by atoms with Crippen LogP contribution in [-0.4, -0.2) is 25.4 Å². The van der Waals surface area contributed by atoms with Crippen LogP contribution in [0.4, 0.5) is 5.69 Å². The van der Waals surface area contributed by atoms with Crippen molar-refractivity contribution in [1.82, 2.24) is 0 Å². The standard InChI is InChI=1S/C19H23N3OS.HI/c1-23-13-15-7-3-5-9-17(15)22-19(20)21-12-18-16-8-4-2-6-14(16)10-11-24-18;/h2-9,18H,10-13H2,1H3,(H3,20,21,22);1H. The number of nitrogens with one attached hydrogen (secondary N) is 1. The van der Waals surface area contributed by atoms with E-state index in [2.05, 4.69) is 34.6 Å². The zero-order chi connectivity index (χ0) is 16.8. The third-order valence-electron chi connectivity index (χ3n) is 4.10. The molecule has 25 heavy (non-hydrogen) atoms. The average molecular weight is 469 g/mol. The van der Waals surface area contributed by atoms with Gasteiger partial charge < -0.3 is 15.8 Å². The number of nitrogens with zero attached hydrogens (tertiary/aromatic N) is 1. The van der Waals surface area contributed by atoms with Crippen LogP contribution < -0.4 is 11.1 Å². The van der Waals surface area contributed by atoms with Crippen LogP contribution in [0.25, 0.3) is 0 Å². The molecule has 1 aliphatic heterocycles. The molecule has 1 aliphatic rings. The number of nitrogens with two attached hydrogens (primary N) is 1. The summed E-state index contributed by atoms with van der Waals surface area (Å²) in [5.41, 5.74) is 10.9. The third-order valence-corrected chi connectivity index (χ3v) is 5.35. The molecule has 0 aromatic heterocycles. The molecule has 6 heteroatoms. The lowest BCUT2D eigenvalue weighted by molar-refractivity contribution is 0.185. The van der Waals surface area contributed by atoms with Crippen LogP contribution in [0.15, 0.2) is 53.5 Å². The van der Waals surface area contributed by atoms with Gasteiger partial charge in [0.2, 0.25) is 0 Å². The highest BCUT2D eigenvalue weighted by atomic mass is 127. The number of methoxy groups -OCH3 is 1. The first-order valence-electron chi connectivity index (χ1n) is 8.11. The maximum absolute atomic E-state index is 6.10. The van der Waals surface area contributed by atoms with Crippen LogP contribution in [-0.2, 0) is 17.8 Å². The monoisotopic (exact) mass is 469 g/mol. The minimum atomic E-state index is 0. The SMILES string of the molecule is COCc1ccccc1NC(N)=NCC1SCCc2ccccc21.I. The Hall–Kier alpha value is -1.25. The van der Waals surface area contributed by atoms with Crippen molar-refractivity contribution in [2.24, 2.45) is 10.7 Å². The molecule has 134 valence electrons. The highest BCUT2D eigenvalue weighted by Crippen LogP contribution is 2.36. The molecule has 0 bridgehead atoms. The smallest absolute Gasteiger partial charge is 0.193 e. The number of hydrogen-bond acceptors (Lipinski definition) is 3. The van der Waals surface area contributed by atoms with E-state index >= 15 is 0 Å². The van der Waals surface area contributed by atoms with Gasteiger partial charge in [-0.2, -0.15) is 11.8 Å². The minimum Gasteiger partial charge on any atom is -0.380 e. The van der Waals surface area contributed by atoms with Crippen molar-refractivity contribution in [3.63, 3.8) is 0 Å². The van der Waals surface area contributed by atoms with Gasteiger partial charge >= 0.3 is 0 Å². The molecule has 1 unspecified atom stereocenters. The second kappa shape index (κ2) is 10.0. The van der Waals surface area contributed by atoms with E-state index in [-0.39, 0.29) is 24.0 Å². The van der Waals surface area contributed by atoms with Crippen molar-refractivity contribution in [2.75, 3.05) is 24.7 Å². The van der Waals surface area contributed by atoms with Crippen molar-refractivity contribution in [1.29, 1.82) is 0 Å². The Morgan fingerprint density at radius 3 is 2.84 bits per heavy atom. The zero-order valence-electron chi connectivity index (χ0n) is 14.3. The predicted octanol–water partition coefficient (Wildman–Crippen LogP) is 4.21. The number of aryl methyl sites for hydroxylation is 1. The molecule has 0 amide bonds. The maximum Gasteiger partial charge on any atom is 0.193 e. The van der Waals surface area contributed by atoms with Crippen LogP contribution in [0.5, 0.6) is 0 Å². The van der Waals surface area contributed by atoms with Crippen molar-refractivity contribution in [3.05, 3.63) is 65.2 Å². The molecule has 2 aromatic rings. The zero-order valence-corrected chi connectivity index (χ0v) is 17.4. The normalized spacial score (nSPS) is 16.7. The number of thioether (sulfide) groups is 1. The van der Waals surface area contributed by atoms with E-state index in [4.69, 9.17) is 10.5 Å². The van der Waals surface area contributed by atoms with Crippen LogP contribution in [0.1, 0.15) is 21.9 Å². The van der Waals surface area contributed by atoms with Crippen LogP contribution in [0.2, 0.25) is 0 Å². The lowest BCUT2D eigenvalue weighted by Gasteiger charge is -2.23. The van der Waals surface area contributed by atoms with Gasteiger partial charge in [0.05, 0.1) is 13.2 Å². The van der Waals surface area contributed by atoms with Gasteiger partial charge in [0.25, 0.3) is 0 Å². The van der Waals surface area contributed by atoms with Gasteiger partial charge in [-0.05, 0) is 29.4 Å². The van der Waals surface area contributed by atoms with Gasteiger partial charge in [0, 0.05) is 23.6 Å². The fraction of sp³-hybridized carbons (Fsp3) is 0.316. The molecular weight excluding hydrogens is 445 g/mol. The van der Waals surface area contributed by atoms with E-state index in [0.29, 0.717) is 24.4 Å². The van der Waals surface area contributed by atoms with Crippen LogP contribution in [0.3, 0.4) is 0 Å². The van der Waals surface area contributed by atoms with E-state index < -0.39 is 0 Å². The van der Waals surface area contributed by atoms with Crippen molar-refractivity contribution >= 4 is 47.4 Å². The molecule has 1 atom stereocenters. The Morgan fingerprint density at radius 2 is 2.00 bits per heavy atom. The van der Waals surface area contributed by atoms with Crippen molar-refractivity contribution in [2.45, 2.75) is 18.3 Å². The summed E-state index contributed by atoms with van der Waals surface area (Å²) in [7, 11) is 1.69. The van der Waals surface area contributed by atoms with Crippen molar-refractivity contribution in [3.8, 4) is 0 Å². The molecule has 3 N–H and O–H groups in total. The summed E-state index contributed by atoms with van der Waals surface area (Å²) in [6.07, 6.45) is 1.14.